The van der Waals surface area contributed by atoms with Crippen molar-refractivity contribution in [1.29, 1.82) is 0 Å². The molecule has 0 aromatic carbocycles. The molecule has 0 aliphatic heterocycles. The monoisotopic (exact) mass is 169 g/mol. The number of Topliss-reactive ketones (excluding diaryl/α,β-unsaturated/α-hetero) is 1. The van der Waals surface area contributed by atoms with Crippen LogP contribution in [0.1, 0.15) is 17.4 Å². The van der Waals surface area contributed by atoms with Crippen molar-refractivity contribution in [2.75, 3.05) is 0 Å². The zero-order valence-electron chi connectivity index (χ0n) is 6.81. The molecule has 0 atom stereocenters. The molecular weight excluding hydrogens is 160 g/mol. The molecular formula is C7H9N2O3+. The molecule has 0 saturated heterocycles. The Balaban J connectivity index is 3.17. The number of nitrogens with zero attached hydrogens (tertiary/aromatic N) is 2. The number of aromatic nitrogens is 1. The fourth-order valence-corrected chi connectivity index (χ4v) is 1.00. The fraction of sp³-hybridized carbons (Fsp3) is 0.286. The Hall–Kier alpha value is -1.65. The molecule has 0 aliphatic carbocycles. The second-order valence-electron chi connectivity index (χ2n) is 2.52. The Labute approximate surface area is 68.8 Å². The van der Waals surface area contributed by atoms with Crippen molar-refractivity contribution >= 4 is 11.5 Å². The first-order chi connectivity index (χ1) is 5.52. The Morgan fingerprint density at radius 2 is 2.25 bits per heavy atom. The maximum atomic E-state index is 10.9. The van der Waals surface area contributed by atoms with Gasteiger partial charge in [-0.3, -0.25) is 4.79 Å². The summed E-state index contributed by atoms with van der Waals surface area (Å²) >= 11 is 0. The second-order valence-corrected chi connectivity index (χ2v) is 2.52. The molecule has 12 heavy (non-hydrogen) atoms. The second kappa shape index (κ2) is 2.77. The molecule has 0 bridgehead atoms. The van der Waals surface area contributed by atoms with Crippen LogP contribution in [0, 0.1) is 4.91 Å². The zero-order chi connectivity index (χ0) is 9.30. The van der Waals surface area contributed by atoms with E-state index in [-0.39, 0.29) is 16.4 Å². The molecule has 0 spiro atoms. The third-order valence-corrected chi connectivity index (χ3v) is 1.57. The van der Waals surface area contributed by atoms with Gasteiger partial charge in [-0.1, -0.05) is 0 Å². The van der Waals surface area contributed by atoms with E-state index in [1.807, 2.05) is 0 Å². The van der Waals surface area contributed by atoms with Crippen LogP contribution in [-0.4, -0.2) is 20.5 Å². The first-order valence-electron chi connectivity index (χ1n) is 3.36. The summed E-state index contributed by atoms with van der Waals surface area (Å²) in [5.41, 5.74) is 0.447. The lowest BCUT2D eigenvalue weighted by molar-refractivity contribution is -0.729. The highest BCUT2D eigenvalue weighted by Crippen LogP contribution is 2.14. The van der Waals surface area contributed by atoms with Crippen LogP contribution in [0.25, 0.3) is 0 Å². The van der Waals surface area contributed by atoms with Gasteiger partial charge in [-0.2, -0.15) is 0 Å². The minimum atomic E-state index is -0.271. The van der Waals surface area contributed by atoms with Crippen molar-refractivity contribution in [2.24, 2.45) is 7.05 Å². The molecule has 0 aliphatic rings. The van der Waals surface area contributed by atoms with E-state index in [0.717, 1.165) is 0 Å². The predicted molar refractivity (Wildman–Crippen MR) is 40.5 cm³/mol. The number of ketones is 1. The fourth-order valence-electron chi connectivity index (χ4n) is 1.00. The first-order valence-corrected chi connectivity index (χ1v) is 3.36. The SMILES string of the molecule is CC(=O)c1cc([N+](=O)O)cn1C. The number of hydrogen-bond acceptors (Lipinski definition) is 2. The van der Waals surface area contributed by atoms with Gasteiger partial charge in [-0.25, -0.2) is 5.21 Å². The lowest BCUT2D eigenvalue weighted by Gasteiger charge is -1.93. The number of carbonyl (C=O) groups excluding carboxylic acids is 1. The lowest BCUT2D eigenvalue weighted by atomic mass is 10.3. The molecule has 5 heteroatoms. The van der Waals surface area contributed by atoms with Crippen LogP contribution in [0.2, 0.25) is 0 Å². The van der Waals surface area contributed by atoms with Gasteiger partial charge in [0.05, 0.1) is 16.8 Å². The summed E-state index contributed by atoms with van der Waals surface area (Å²) in [4.78, 5) is 21.0. The van der Waals surface area contributed by atoms with Crippen LogP contribution < -0.4 is 0 Å². The third kappa shape index (κ3) is 1.34. The van der Waals surface area contributed by atoms with E-state index in [2.05, 4.69) is 0 Å². The molecule has 1 aromatic heterocycles. The Morgan fingerprint density at radius 3 is 2.50 bits per heavy atom. The largest absolute Gasteiger partial charge is 0.342 e. The van der Waals surface area contributed by atoms with Crippen molar-refractivity contribution < 1.29 is 14.9 Å². The van der Waals surface area contributed by atoms with Gasteiger partial charge in [-0.05, 0) is 0 Å². The smallest absolute Gasteiger partial charge is 0.334 e. The van der Waals surface area contributed by atoms with Gasteiger partial charge in [0.25, 0.3) is 4.92 Å². The predicted octanol–water partition coefficient (Wildman–Crippen LogP) is 1.03. The maximum absolute atomic E-state index is 10.9. The standard InChI is InChI=1S/C7H9N2O3/c1-5(10)7-3-6(9(11)12)4-8(7)2/h3-4H,1-2H3,(H,11,12)/q+1. The number of aryl methyl sites for hydroxylation is 1. The topological polar surface area (TPSA) is 62.3 Å². The number of carbonyl (C=O) groups is 1. The summed E-state index contributed by atoms with van der Waals surface area (Å²) < 4.78 is 1.48. The summed E-state index contributed by atoms with van der Waals surface area (Å²) in [6.45, 7) is 1.39. The van der Waals surface area contributed by atoms with E-state index >= 15 is 0 Å². The summed E-state index contributed by atoms with van der Waals surface area (Å²) in [5.74, 6) is -0.148. The molecule has 64 valence electrons. The summed E-state index contributed by atoms with van der Waals surface area (Å²) in [7, 11) is 1.63. The molecule has 1 rings (SSSR count). The van der Waals surface area contributed by atoms with Crippen LogP contribution in [0.3, 0.4) is 0 Å². The van der Waals surface area contributed by atoms with Gasteiger partial charge in [0, 0.05) is 20.0 Å². The van der Waals surface area contributed by atoms with Crippen LogP contribution >= 0.6 is 0 Å². The van der Waals surface area contributed by atoms with E-state index < -0.39 is 0 Å². The third-order valence-electron chi connectivity index (χ3n) is 1.57. The van der Waals surface area contributed by atoms with Gasteiger partial charge in [-0.15, -0.1) is 0 Å². The van der Waals surface area contributed by atoms with E-state index in [4.69, 9.17) is 5.21 Å². The summed E-state index contributed by atoms with van der Waals surface area (Å²) in [6.07, 6.45) is 1.38. The van der Waals surface area contributed by atoms with Crippen molar-refractivity contribution in [3.05, 3.63) is 22.9 Å². The quantitative estimate of drug-likeness (QED) is 0.531. The minimum Gasteiger partial charge on any atom is -0.342 e. The van der Waals surface area contributed by atoms with Crippen molar-refractivity contribution in [3.8, 4) is 0 Å². The Morgan fingerprint density at radius 1 is 1.67 bits per heavy atom. The van der Waals surface area contributed by atoms with Gasteiger partial charge in [0.1, 0.15) is 0 Å². The minimum absolute atomic E-state index is 0.0581. The lowest BCUT2D eigenvalue weighted by Crippen LogP contribution is -1.99. The summed E-state index contributed by atoms with van der Waals surface area (Å²) in [5, 5.41) is 8.50. The van der Waals surface area contributed by atoms with E-state index in [1.165, 1.54) is 23.8 Å². The molecule has 1 heterocycles. The highest BCUT2D eigenvalue weighted by atomic mass is 16.6. The number of hydrogen-bond donors (Lipinski definition) is 1. The van der Waals surface area contributed by atoms with Crippen LogP contribution in [0.15, 0.2) is 12.3 Å². The molecule has 0 unspecified atom stereocenters. The van der Waals surface area contributed by atoms with Crippen molar-refractivity contribution in [2.45, 2.75) is 6.92 Å². The Bertz CT molecular complexity index is 340. The van der Waals surface area contributed by atoms with Gasteiger partial charge in [0.15, 0.2) is 5.78 Å². The highest BCUT2D eigenvalue weighted by Gasteiger charge is 2.18. The van der Waals surface area contributed by atoms with Crippen molar-refractivity contribution in [3.63, 3.8) is 0 Å². The maximum Gasteiger partial charge on any atom is 0.334 e. The molecule has 5 nitrogen and oxygen atoms in total. The van der Waals surface area contributed by atoms with E-state index in [1.54, 1.807) is 7.05 Å². The normalized spacial score (nSPS) is 9.83. The highest BCUT2D eigenvalue weighted by molar-refractivity contribution is 5.93. The molecule has 1 N–H and O–H groups in total. The first kappa shape index (κ1) is 8.45. The average molecular weight is 169 g/mol. The van der Waals surface area contributed by atoms with E-state index in [9.17, 15) is 9.70 Å². The Kier molecular flexibility index (Phi) is 1.95. The van der Waals surface area contributed by atoms with Crippen LogP contribution in [0.4, 0.5) is 5.69 Å². The number of rotatable bonds is 2. The summed E-state index contributed by atoms with van der Waals surface area (Å²) in [6, 6.07) is 1.33. The van der Waals surface area contributed by atoms with Gasteiger partial charge >= 0.3 is 5.69 Å². The van der Waals surface area contributed by atoms with Gasteiger partial charge < -0.3 is 4.57 Å². The van der Waals surface area contributed by atoms with Gasteiger partial charge in [0.2, 0.25) is 0 Å². The van der Waals surface area contributed by atoms with Crippen LogP contribution in [0.5, 0.6) is 0 Å². The van der Waals surface area contributed by atoms with Crippen molar-refractivity contribution in [1.82, 2.24) is 4.57 Å². The van der Waals surface area contributed by atoms with E-state index in [0.29, 0.717) is 5.69 Å². The molecule has 0 radical (unpaired) electrons. The van der Waals surface area contributed by atoms with Crippen LogP contribution in [-0.2, 0) is 7.05 Å². The molecule has 0 fully saturated rings. The molecule has 0 amide bonds. The average Bonchev–Trinajstić information content (AvgIpc) is 2.30. The molecule has 0 saturated carbocycles. The molecule has 1 aromatic rings. The zero-order valence-corrected chi connectivity index (χ0v) is 6.81.